The van der Waals surface area contributed by atoms with Crippen LogP contribution in [0.1, 0.15) is 20.8 Å². The van der Waals surface area contributed by atoms with Crippen molar-refractivity contribution in [1.29, 1.82) is 0 Å². The number of hydrogen-bond acceptors (Lipinski definition) is 2. The van der Waals surface area contributed by atoms with E-state index in [9.17, 15) is 9.18 Å². The van der Waals surface area contributed by atoms with Gasteiger partial charge in [0.1, 0.15) is 5.82 Å². The summed E-state index contributed by atoms with van der Waals surface area (Å²) >= 11 is 0. The maximum Gasteiger partial charge on any atom is 0.241 e. The smallest absolute Gasteiger partial charge is 0.241 e. The lowest BCUT2D eigenvalue weighted by molar-refractivity contribution is -0.119. The number of nitrogens with one attached hydrogen (secondary N) is 1. The third-order valence-corrected chi connectivity index (χ3v) is 2.33. The molecule has 1 aromatic carbocycles. The molecule has 0 spiro atoms. The summed E-state index contributed by atoms with van der Waals surface area (Å²) in [6.45, 7) is 5.67. The van der Waals surface area contributed by atoms with E-state index in [2.05, 4.69) is 5.32 Å². The van der Waals surface area contributed by atoms with Gasteiger partial charge in [0.25, 0.3) is 0 Å². The highest BCUT2D eigenvalue weighted by Crippen LogP contribution is 2.19. The molecule has 0 saturated heterocycles. The van der Waals surface area contributed by atoms with E-state index in [0.29, 0.717) is 5.69 Å². The lowest BCUT2D eigenvalue weighted by Crippen LogP contribution is -2.45. The van der Waals surface area contributed by atoms with E-state index in [4.69, 9.17) is 5.73 Å². The Morgan fingerprint density at radius 1 is 1.29 bits per heavy atom. The van der Waals surface area contributed by atoms with Crippen molar-refractivity contribution in [3.63, 3.8) is 0 Å². The Balaban J connectivity index is 0.00000256. The van der Waals surface area contributed by atoms with E-state index in [1.165, 1.54) is 24.3 Å². The molecule has 0 radical (unpaired) electrons. The van der Waals surface area contributed by atoms with Gasteiger partial charge in [-0.05, 0) is 29.7 Å². The second-order valence-electron chi connectivity index (χ2n) is 4.84. The average molecular weight is 261 g/mol. The number of hydrogen-bond donors (Lipinski definition) is 2. The monoisotopic (exact) mass is 260 g/mol. The van der Waals surface area contributed by atoms with Crippen LogP contribution in [0.5, 0.6) is 0 Å². The molecule has 1 rings (SSSR count). The first-order valence-corrected chi connectivity index (χ1v) is 5.13. The van der Waals surface area contributed by atoms with Crippen molar-refractivity contribution in [1.82, 2.24) is 0 Å². The normalized spacial score (nSPS) is 12.5. The standard InChI is InChI=1S/C12H17FN2O.ClH/c1-12(2,3)10(14)11(16)15-9-6-4-8(13)5-7-9;/h4-7,10H,14H2,1-3H3,(H,15,16);1H/t10-;/m1./s1. The molecule has 0 aliphatic rings. The fourth-order valence-corrected chi connectivity index (χ4v) is 1.15. The van der Waals surface area contributed by atoms with E-state index in [0.717, 1.165) is 0 Å². The fraction of sp³-hybridized carbons (Fsp3) is 0.417. The number of carbonyl (C=O) groups is 1. The second-order valence-corrected chi connectivity index (χ2v) is 4.84. The second kappa shape index (κ2) is 5.98. The van der Waals surface area contributed by atoms with Crippen molar-refractivity contribution in [3.05, 3.63) is 30.1 Å². The Hall–Kier alpha value is -1.13. The van der Waals surface area contributed by atoms with Gasteiger partial charge in [0, 0.05) is 5.69 Å². The summed E-state index contributed by atoms with van der Waals surface area (Å²) in [7, 11) is 0. The summed E-state index contributed by atoms with van der Waals surface area (Å²) in [5.74, 6) is -0.600. The van der Waals surface area contributed by atoms with Crippen LogP contribution in [0.25, 0.3) is 0 Å². The number of rotatable bonds is 2. The van der Waals surface area contributed by atoms with Crippen LogP contribution in [0.2, 0.25) is 0 Å². The number of anilines is 1. The summed E-state index contributed by atoms with van der Waals surface area (Å²) in [6.07, 6.45) is 0. The minimum Gasteiger partial charge on any atom is -0.325 e. The van der Waals surface area contributed by atoms with Crippen LogP contribution in [-0.4, -0.2) is 11.9 Å². The molecule has 0 unspecified atom stereocenters. The zero-order valence-electron chi connectivity index (χ0n) is 10.2. The topological polar surface area (TPSA) is 55.1 Å². The van der Waals surface area contributed by atoms with E-state index < -0.39 is 6.04 Å². The highest BCUT2D eigenvalue weighted by molar-refractivity contribution is 5.95. The van der Waals surface area contributed by atoms with Gasteiger partial charge in [-0.1, -0.05) is 20.8 Å². The summed E-state index contributed by atoms with van der Waals surface area (Å²) in [4.78, 5) is 11.7. The lowest BCUT2D eigenvalue weighted by Gasteiger charge is -2.25. The zero-order chi connectivity index (χ0) is 12.3. The van der Waals surface area contributed by atoms with E-state index >= 15 is 0 Å². The molecule has 0 aliphatic heterocycles. The average Bonchev–Trinajstić information content (AvgIpc) is 2.19. The third kappa shape index (κ3) is 4.71. The minimum absolute atomic E-state index is 0. The van der Waals surface area contributed by atoms with Crippen molar-refractivity contribution < 1.29 is 9.18 Å². The number of nitrogens with two attached hydrogens (primary N) is 1. The summed E-state index contributed by atoms with van der Waals surface area (Å²) in [5, 5.41) is 2.64. The third-order valence-electron chi connectivity index (χ3n) is 2.33. The van der Waals surface area contributed by atoms with Crippen molar-refractivity contribution in [3.8, 4) is 0 Å². The van der Waals surface area contributed by atoms with Gasteiger partial charge >= 0.3 is 0 Å². The molecule has 96 valence electrons. The molecule has 1 atom stereocenters. The van der Waals surface area contributed by atoms with Crippen LogP contribution in [0.4, 0.5) is 10.1 Å². The van der Waals surface area contributed by atoms with E-state index in [1.807, 2.05) is 20.8 Å². The van der Waals surface area contributed by atoms with Crippen LogP contribution < -0.4 is 11.1 Å². The van der Waals surface area contributed by atoms with Crippen LogP contribution in [0.15, 0.2) is 24.3 Å². The first-order valence-electron chi connectivity index (χ1n) is 5.13. The number of amides is 1. The van der Waals surface area contributed by atoms with Gasteiger partial charge in [-0.3, -0.25) is 4.79 Å². The molecule has 0 bridgehead atoms. The molecule has 0 saturated carbocycles. The van der Waals surface area contributed by atoms with Gasteiger partial charge in [-0.25, -0.2) is 4.39 Å². The molecule has 1 aromatic rings. The Kier molecular flexibility index (Phi) is 5.58. The Labute approximate surface area is 107 Å². The van der Waals surface area contributed by atoms with Crippen molar-refractivity contribution >= 4 is 24.0 Å². The molecule has 3 nitrogen and oxygen atoms in total. The first kappa shape index (κ1) is 15.9. The van der Waals surface area contributed by atoms with Crippen molar-refractivity contribution in [2.75, 3.05) is 5.32 Å². The van der Waals surface area contributed by atoms with Crippen LogP contribution in [0.3, 0.4) is 0 Å². The molecule has 0 fully saturated rings. The quantitative estimate of drug-likeness (QED) is 0.859. The number of carbonyl (C=O) groups excluding carboxylic acids is 1. The summed E-state index contributed by atoms with van der Waals surface area (Å²) in [5.41, 5.74) is 6.03. The molecular weight excluding hydrogens is 243 g/mol. The lowest BCUT2D eigenvalue weighted by atomic mass is 9.87. The molecule has 0 aromatic heterocycles. The van der Waals surface area contributed by atoms with Crippen LogP contribution >= 0.6 is 12.4 Å². The molecule has 5 heteroatoms. The molecule has 17 heavy (non-hydrogen) atoms. The van der Waals surface area contributed by atoms with Crippen LogP contribution in [-0.2, 0) is 4.79 Å². The molecular formula is C12H18ClFN2O. The van der Waals surface area contributed by atoms with Gasteiger partial charge < -0.3 is 11.1 Å². The number of halogens is 2. The van der Waals surface area contributed by atoms with Gasteiger partial charge in [0.05, 0.1) is 6.04 Å². The van der Waals surface area contributed by atoms with E-state index in [-0.39, 0.29) is 29.5 Å². The number of benzene rings is 1. The van der Waals surface area contributed by atoms with E-state index in [1.54, 1.807) is 0 Å². The first-order chi connectivity index (χ1) is 7.30. The molecule has 0 heterocycles. The van der Waals surface area contributed by atoms with Gasteiger partial charge in [0.15, 0.2) is 0 Å². The van der Waals surface area contributed by atoms with Crippen molar-refractivity contribution in [2.24, 2.45) is 11.1 Å². The Bertz CT molecular complexity index is 373. The molecule has 1 amide bonds. The Morgan fingerprint density at radius 3 is 2.18 bits per heavy atom. The van der Waals surface area contributed by atoms with Gasteiger partial charge in [-0.2, -0.15) is 0 Å². The maximum absolute atomic E-state index is 12.6. The molecule has 0 aliphatic carbocycles. The Morgan fingerprint density at radius 2 is 1.76 bits per heavy atom. The predicted octanol–water partition coefficient (Wildman–Crippen LogP) is 2.56. The maximum atomic E-state index is 12.6. The highest BCUT2D eigenvalue weighted by atomic mass is 35.5. The summed E-state index contributed by atoms with van der Waals surface area (Å²) < 4.78 is 12.6. The highest BCUT2D eigenvalue weighted by Gasteiger charge is 2.27. The largest absolute Gasteiger partial charge is 0.325 e. The van der Waals surface area contributed by atoms with Crippen LogP contribution in [0, 0.1) is 11.2 Å². The minimum atomic E-state index is -0.599. The van der Waals surface area contributed by atoms with Gasteiger partial charge in [0.2, 0.25) is 5.91 Å². The predicted molar refractivity (Wildman–Crippen MR) is 69.7 cm³/mol. The van der Waals surface area contributed by atoms with Crippen molar-refractivity contribution in [2.45, 2.75) is 26.8 Å². The SMILES string of the molecule is CC(C)(C)[C@H](N)C(=O)Nc1ccc(F)cc1.Cl. The molecule has 3 N–H and O–H groups in total. The zero-order valence-corrected chi connectivity index (χ0v) is 11.0. The van der Waals surface area contributed by atoms with Gasteiger partial charge in [-0.15, -0.1) is 12.4 Å². The summed E-state index contributed by atoms with van der Waals surface area (Å²) in [6, 6.07) is 4.99. The fourth-order valence-electron chi connectivity index (χ4n) is 1.15.